The summed E-state index contributed by atoms with van der Waals surface area (Å²) in [5.74, 6) is 0.870. The molecule has 0 amide bonds. The van der Waals surface area contributed by atoms with Gasteiger partial charge in [-0.15, -0.1) is 0 Å². The van der Waals surface area contributed by atoms with Crippen molar-refractivity contribution in [2.75, 3.05) is 0 Å². The van der Waals surface area contributed by atoms with Crippen molar-refractivity contribution in [3.63, 3.8) is 0 Å². The second-order valence-corrected chi connectivity index (χ2v) is 6.07. The van der Waals surface area contributed by atoms with Gasteiger partial charge in [-0.2, -0.15) is 0 Å². The highest BCUT2D eigenvalue weighted by atomic mass is 16.5. The molecule has 2 atom stereocenters. The molecule has 0 bridgehead atoms. The van der Waals surface area contributed by atoms with Crippen molar-refractivity contribution >= 4 is 0 Å². The summed E-state index contributed by atoms with van der Waals surface area (Å²) in [5, 5.41) is 9.74. The van der Waals surface area contributed by atoms with Crippen LogP contribution in [0.15, 0.2) is 54.6 Å². The van der Waals surface area contributed by atoms with Gasteiger partial charge in [0.05, 0.1) is 6.10 Å². The lowest BCUT2D eigenvalue weighted by Gasteiger charge is -2.48. The molecular formula is C18H20O2. The largest absolute Gasteiger partial charge is 0.490 e. The van der Waals surface area contributed by atoms with Gasteiger partial charge in [0.1, 0.15) is 11.9 Å². The molecule has 0 radical (unpaired) electrons. The molecule has 0 aliphatic heterocycles. The fourth-order valence-electron chi connectivity index (χ4n) is 2.59. The molecule has 104 valence electrons. The van der Waals surface area contributed by atoms with Crippen molar-refractivity contribution < 1.29 is 9.84 Å². The molecular weight excluding hydrogens is 248 g/mol. The van der Waals surface area contributed by atoms with E-state index in [1.807, 2.05) is 44.2 Å². The minimum Gasteiger partial charge on any atom is -0.490 e. The molecule has 2 aromatic carbocycles. The Morgan fingerprint density at radius 1 is 0.950 bits per heavy atom. The van der Waals surface area contributed by atoms with Crippen LogP contribution in [0.5, 0.6) is 5.75 Å². The van der Waals surface area contributed by atoms with Gasteiger partial charge in [-0.3, -0.25) is 0 Å². The highest BCUT2D eigenvalue weighted by molar-refractivity contribution is 5.63. The zero-order valence-electron chi connectivity index (χ0n) is 11.9. The van der Waals surface area contributed by atoms with Crippen molar-refractivity contribution in [1.82, 2.24) is 0 Å². The van der Waals surface area contributed by atoms with E-state index in [-0.39, 0.29) is 17.6 Å². The van der Waals surface area contributed by atoms with Crippen LogP contribution in [0.1, 0.15) is 20.3 Å². The molecule has 0 aromatic heterocycles. The average Bonchev–Trinajstić information content (AvgIpc) is 2.48. The molecule has 1 saturated carbocycles. The quantitative estimate of drug-likeness (QED) is 0.915. The van der Waals surface area contributed by atoms with Crippen molar-refractivity contribution in [3.8, 4) is 16.9 Å². The molecule has 1 N–H and O–H groups in total. The highest BCUT2D eigenvalue weighted by Gasteiger charge is 2.49. The van der Waals surface area contributed by atoms with Gasteiger partial charge in [-0.25, -0.2) is 0 Å². The SMILES string of the molecule is CC1(C)C(O)CC1Oc1ccc(-c2ccccc2)cc1. The van der Waals surface area contributed by atoms with Crippen LogP contribution in [0.2, 0.25) is 0 Å². The van der Waals surface area contributed by atoms with E-state index in [9.17, 15) is 5.11 Å². The van der Waals surface area contributed by atoms with E-state index in [1.165, 1.54) is 11.1 Å². The van der Waals surface area contributed by atoms with Crippen LogP contribution in [0.4, 0.5) is 0 Å². The molecule has 20 heavy (non-hydrogen) atoms. The Bertz CT molecular complexity index is 572. The fraction of sp³-hybridized carbons (Fsp3) is 0.333. The molecule has 0 heterocycles. The van der Waals surface area contributed by atoms with Crippen molar-refractivity contribution in [2.45, 2.75) is 32.5 Å². The minimum atomic E-state index is -0.254. The maximum absolute atomic E-state index is 9.74. The number of hydrogen-bond donors (Lipinski definition) is 1. The monoisotopic (exact) mass is 268 g/mol. The normalized spacial score (nSPS) is 23.9. The van der Waals surface area contributed by atoms with E-state index in [0.717, 1.165) is 5.75 Å². The van der Waals surface area contributed by atoms with Crippen LogP contribution in [0.25, 0.3) is 11.1 Å². The molecule has 0 saturated heterocycles. The van der Waals surface area contributed by atoms with E-state index in [2.05, 4.69) is 24.3 Å². The summed E-state index contributed by atoms with van der Waals surface area (Å²) in [6.45, 7) is 4.09. The van der Waals surface area contributed by atoms with Crippen molar-refractivity contribution in [1.29, 1.82) is 0 Å². The van der Waals surface area contributed by atoms with Gasteiger partial charge < -0.3 is 9.84 Å². The number of ether oxygens (including phenoxy) is 1. The second-order valence-electron chi connectivity index (χ2n) is 6.07. The number of aliphatic hydroxyl groups excluding tert-OH is 1. The Balaban J connectivity index is 1.71. The topological polar surface area (TPSA) is 29.5 Å². The second kappa shape index (κ2) is 4.95. The minimum absolute atomic E-state index is 0.0973. The van der Waals surface area contributed by atoms with Gasteiger partial charge >= 0.3 is 0 Å². The summed E-state index contributed by atoms with van der Waals surface area (Å²) in [6, 6.07) is 18.5. The van der Waals surface area contributed by atoms with Gasteiger partial charge in [-0.05, 0) is 23.3 Å². The summed E-state index contributed by atoms with van der Waals surface area (Å²) < 4.78 is 5.97. The van der Waals surface area contributed by atoms with Gasteiger partial charge in [0, 0.05) is 11.8 Å². The first-order valence-corrected chi connectivity index (χ1v) is 7.07. The Morgan fingerprint density at radius 2 is 1.55 bits per heavy atom. The lowest BCUT2D eigenvalue weighted by atomic mass is 9.66. The van der Waals surface area contributed by atoms with Crippen LogP contribution in [-0.2, 0) is 0 Å². The molecule has 2 nitrogen and oxygen atoms in total. The Hall–Kier alpha value is -1.80. The summed E-state index contributed by atoms with van der Waals surface area (Å²) in [4.78, 5) is 0. The third-order valence-electron chi connectivity index (χ3n) is 4.37. The molecule has 1 aliphatic rings. The maximum Gasteiger partial charge on any atom is 0.119 e. The first-order chi connectivity index (χ1) is 9.57. The average molecular weight is 268 g/mol. The van der Waals surface area contributed by atoms with Gasteiger partial charge in [0.2, 0.25) is 0 Å². The summed E-state index contributed by atoms with van der Waals surface area (Å²) in [5.41, 5.74) is 2.24. The van der Waals surface area contributed by atoms with E-state index in [1.54, 1.807) is 0 Å². The van der Waals surface area contributed by atoms with E-state index < -0.39 is 0 Å². The first-order valence-electron chi connectivity index (χ1n) is 7.07. The van der Waals surface area contributed by atoms with Gasteiger partial charge in [0.15, 0.2) is 0 Å². The molecule has 0 spiro atoms. The van der Waals surface area contributed by atoms with E-state index >= 15 is 0 Å². The Labute approximate surface area is 120 Å². The lowest BCUT2D eigenvalue weighted by Crippen LogP contribution is -2.56. The Morgan fingerprint density at radius 3 is 2.10 bits per heavy atom. The zero-order chi connectivity index (χ0) is 14.2. The van der Waals surface area contributed by atoms with E-state index in [0.29, 0.717) is 6.42 Å². The van der Waals surface area contributed by atoms with Crippen LogP contribution in [0.3, 0.4) is 0 Å². The van der Waals surface area contributed by atoms with Crippen molar-refractivity contribution in [2.24, 2.45) is 5.41 Å². The zero-order valence-corrected chi connectivity index (χ0v) is 11.9. The Kier molecular flexibility index (Phi) is 3.27. The predicted molar refractivity (Wildman–Crippen MR) is 80.7 cm³/mol. The van der Waals surface area contributed by atoms with E-state index in [4.69, 9.17) is 4.74 Å². The standard InChI is InChI=1S/C18H20O2/c1-18(2)16(19)12-17(18)20-15-10-8-14(9-11-15)13-6-4-3-5-7-13/h3-11,16-17,19H,12H2,1-2H3. The van der Waals surface area contributed by atoms with Crippen LogP contribution in [-0.4, -0.2) is 17.3 Å². The van der Waals surface area contributed by atoms with Gasteiger partial charge in [0.25, 0.3) is 0 Å². The summed E-state index contributed by atoms with van der Waals surface area (Å²) in [6.07, 6.45) is 0.559. The predicted octanol–water partition coefficient (Wildman–Crippen LogP) is 3.89. The molecule has 2 heteroatoms. The molecule has 2 unspecified atom stereocenters. The summed E-state index contributed by atoms with van der Waals surface area (Å²) >= 11 is 0. The van der Waals surface area contributed by atoms with Crippen LogP contribution < -0.4 is 4.74 Å². The smallest absolute Gasteiger partial charge is 0.119 e. The van der Waals surface area contributed by atoms with Crippen LogP contribution in [0, 0.1) is 5.41 Å². The van der Waals surface area contributed by atoms with Crippen molar-refractivity contribution in [3.05, 3.63) is 54.6 Å². The highest BCUT2D eigenvalue weighted by Crippen LogP contribution is 2.43. The number of aliphatic hydroxyl groups is 1. The maximum atomic E-state index is 9.74. The molecule has 1 aliphatic carbocycles. The van der Waals surface area contributed by atoms with Crippen LogP contribution >= 0.6 is 0 Å². The lowest BCUT2D eigenvalue weighted by molar-refractivity contribution is -0.134. The first kappa shape index (κ1) is 13.2. The number of hydrogen-bond acceptors (Lipinski definition) is 2. The molecule has 2 aromatic rings. The number of benzene rings is 2. The van der Waals surface area contributed by atoms with Gasteiger partial charge in [-0.1, -0.05) is 56.3 Å². The number of rotatable bonds is 3. The third-order valence-corrected chi connectivity index (χ3v) is 4.37. The molecule has 3 rings (SSSR count). The fourth-order valence-corrected chi connectivity index (χ4v) is 2.59. The molecule has 1 fully saturated rings. The summed E-state index contributed by atoms with van der Waals surface area (Å²) in [7, 11) is 0. The third kappa shape index (κ3) is 2.32.